The second-order valence-electron chi connectivity index (χ2n) is 19.1. The molecule has 0 aliphatic heterocycles. The van der Waals surface area contributed by atoms with Gasteiger partial charge in [-0.2, -0.15) is 8.42 Å². The largest absolute Gasteiger partial charge is 0.481 e. The number of carboxylic acid groups (broad SMARTS) is 1. The summed E-state index contributed by atoms with van der Waals surface area (Å²) in [6, 6.07) is 13.9. The van der Waals surface area contributed by atoms with Gasteiger partial charge in [-0.05, 0) is 74.9 Å². The predicted molar refractivity (Wildman–Crippen MR) is 281 cm³/mol. The molecule has 0 saturated carbocycles. The van der Waals surface area contributed by atoms with Crippen LogP contribution in [0.3, 0.4) is 0 Å². The van der Waals surface area contributed by atoms with Gasteiger partial charge in [-0.3, -0.25) is 38.1 Å². The molecular weight excluding hydrogens is 1010 g/mol. The van der Waals surface area contributed by atoms with E-state index in [1.165, 1.54) is 24.3 Å². The van der Waals surface area contributed by atoms with Crippen LogP contribution in [0.4, 0.5) is 4.79 Å². The summed E-state index contributed by atoms with van der Waals surface area (Å²) < 4.78 is 41.3. The number of alkyl carbamates (subject to hydrolysis) is 1. The lowest BCUT2D eigenvalue weighted by Crippen LogP contribution is -2.58. The number of carboxylic acids is 1. The molecule has 6 atom stereocenters. The number of unbranched alkanes of at least 4 members (excludes halogenated alkanes) is 2. The first-order chi connectivity index (χ1) is 35.9. The van der Waals surface area contributed by atoms with Crippen LogP contribution in [0.1, 0.15) is 96.3 Å². The number of para-hydroxylation sites is 1. The number of primary amides is 1. The molecule has 0 radical (unpaired) electrons. The Balaban J connectivity index is 1.50. The highest BCUT2D eigenvalue weighted by Gasteiger charge is 2.33. The molecule has 24 heteroatoms. The molecule has 0 fully saturated rings. The Labute approximate surface area is 441 Å². The number of carbonyl (C=O) groups excluding carboxylic acids is 7. The number of nitrogens with one attached hydrogen (secondary N) is 8. The molecule has 0 bridgehead atoms. The van der Waals surface area contributed by atoms with Gasteiger partial charge < -0.3 is 62.0 Å². The van der Waals surface area contributed by atoms with Crippen LogP contribution in [0.25, 0.3) is 10.9 Å². The molecule has 7 amide bonds. The summed E-state index contributed by atoms with van der Waals surface area (Å²) in [6.45, 7) is 8.65. The minimum Gasteiger partial charge on any atom is -0.481 e. The maximum atomic E-state index is 14.4. The van der Waals surface area contributed by atoms with Crippen LogP contribution >= 0.6 is 0 Å². The monoisotopic (exact) mass is 1080 g/mol. The van der Waals surface area contributed by atoms with Gasteiger partial charge in [0.1, 0.15) is 41.6 Å². The van der Waals surface area contributed by atoms with Crippen LogP contribution in [-0.4, -0.2) is 126 Å². The summed E-state index contributed by atoms with van der Waals surface area (Å²) in [5, 5.41) is 29.6. The van der Waals surface area contributed by atoms with Crippen molar-refractivity contribution in [3.63, 3.8) is 0 Å². The van der Waals surface area contributed by atoms with Gasteiger partial charge in [-0.1, -0.05) is 100 Å². The van der Waals surface area contributed by atoms with Gasteiger partial charge in [0, 0.05) is 43.0 Å². The molecule has 12 N–H and O–H groups in total. The van der Waals surface area contributed by atoms with Crippen LogP contribution in [-0.2, 0) is 68.0 Å². The van der Waals surface area contributed by atoms with E-state index in [2.05, 4.69) is 46.4 Å². The van der Waals surface area contributed by atoms with E-state index in [1.807, 2.05) is 38.1 Å². The second-order valence-corrected chi connectivity index (χ2v) is 20.2. The van der Waals surface area contributed by atoms with Gasteiger partial charge in [-0.25, -0.2) is 4.79 Å². The molecule has 4 aromatic rings. The summed E-state index contributed by atoms with van der Waals surface area (Å²) in [4.78, 5) is 110. The maximum absolute atomic E-state index is 14.4. The summed E-state index contributed by atoms with van der Waals surface area (Å²) in [5.41, 5.74) is 7.35. The van der Waals surface area contributed by atoms with E-state index >= 15 is 0 Å². The fourth-order valence-electron chi connectivity index (χ4n) is 7.93. The first-order valence-electron chi connectivity index (χ1n) is 25.0. The third-order valence-electron chi connectivity index (χ3n) is 11.7. The van der Waals surface area contributed by atoms with E-state index in [9.17, 15) is 51.9 Å². The predicted octanol–water partition coefficient (Wildman–Crippen LogP) is 2.62. The molecular formula is C52H71N9O14S. The molecule has 1 heterocycles. The molecule has 0 aliphatic rings. The van der Waals surface area contributed by atoms with Gasteiger partial charge in [-0.15, -0.1) is 0 Å². The number of carbonyl (C=O) groups is 8. The van der Waals surface area contributed by atoms with Gasteiger partial charge >= 0.3 is 22.5 Å². The summed E-state index contributed by atoms with van der Waals surface area (Å²) in [6.07, 6.45) is 2.55. The highest BCUT2D eigenvalue weighted by atomic mass is 32.3. The molecule has 1 aromatic heterocycles. The fraction of sp³-hybridized carbons (Fsp3) is 0.462. The molecule has 0 unspecified atom stereocenters. The number of ether oxygens (including phenoxy) is 1. The molecule has 4 rings (SSSR count). The number of benzene rings is 3. The Morgan fingerprint density at radius 2 is 1.16 bits per heavy atom. The average molecular weight is 1080 g/mol. The van der Waals surface area contributed by atoms with Crippen molar-refractivity contribution in [3.8, 4) is 5.75 Å². The van der Waals surface area contributed by atoms with Crippen molar-refractivity contribution in [2.75, 3.05) is 13.1 Å². The molecule has 414 valence electrons. The minimum atomic E-state index is -4.80. The number of rotatable bonds is 31. The molecule has 3 aromatic carbocycles. The van der Waals surface area contributed by atoms with Gasteiger partial charge in [0.05, 0.1) is 12.5 Å². The number of aromatic amines is 1. The van der Waals surface area contributed by atoms with E-state index in [4.69, 9.17) is 15.0 Å². The van der Waals surface area contributed by atoms with Crippen LogP contribution in [0.5, 0.6) is 5.75 Å². The van der Waals surface area contributed by atoms with Crippen LogP contribution in [0, 0.1) is 0 Å². The highest BCUT2D eigenvalue weighted by molar-refractivity contribution is 7.81. The number of aliphatic carboxylic acids is 1. The maximum Gasteiger partial charge on any atom is 0.446 e. The van der Waals surface area contributed by atoms with Gasteiger partial charge in [0.15, 0.2) is 0 Å². The van der Waals surface area contributed by atoms with E-state index in [0.717, 1.165) is 16.5 Å². The Kier molecular flexibility index (Phi) is 23.7. The lowest BCUT2D eigenvalue weighted by Gasteiger charge is -2.26. The Morgan fingerprint density at radius 1 is 0.632 bits per heavy atom. The Morgan fingerprint density at radius 3 is 1.75 bits per heavy atom. The number of hydrogen-bond acceptors (Lipinski definition) is 13. The van der Waals surface area contributed by atoms with E-state index in [0.29, 0.717) is 36.8 Å². The lowest BCUT2D eigenvalue weighted by molar-refractivity contribution is -0.141. The summed E-state index contributed by atoms with van der Waals surface area (Å²) in [5.74, 6) is -6.23. The second kappa shape index (κ2) is 29.5. The zero-order valence-corrected chi connectivity index (χ0v) is 44.1. The SMILES string of the molecule is CCCC[C@H](NC(=O)[C@H](Cc1ccc(OS(=O)(=O)O)cc1)NC(=O)OC(C)(C)C)C(=O)NCCN[C@@H](Cc1c[nH]c2ccccc12)C(=O)N[C@@H](CCCC)C(=O)N[C@@H](CC(=O)O)C(=O)N[C@@H](Cc1ccccc1)C(N)=O. The number of fused-ring (bicyclic) bond motifs is 1. The first kappa shape index (κ1) is 61.0. The van der Waals surface area contributed by atoms with Gasteiger partial charge in [0.25, 0.3) is 0 Å². The van der Waals surface area contributed by atoms with Crippen molar-refractivity contribution in [2.45, 2.75) is 141 Å². The minimum absolute atomic E-state index is 0.00642. The normalized spacial score (nSPS) is 13.9. The fourth-order valence-corrected chi connectivity index (χ4v) is 8.28. The van der Waals surface area contributed by atoms with Crippen LogP contribution < -0.4 is 47.1 Å². The number of nitrogens with two attached hydrogens (primary N) is 1. The van der Waals surface area contributed by atoms with E-state index in [1.54, 1.807) is 57.3 Å². The number of H-pyrrole nitrogens is 1. The Hall–Kier alpha value is -7.57. The van der Waals surface area contributed by atoms with Crippen LogP contribution in [0.15, 0.2) is 85.1 Å². The third-order valence-corrected chi connectivity index (χ3v) is 12.1. The number of aromatic nitrogens is 1. The molecule has 0 saturated heterocycles. The van der Waals surface area contributed by atoms with Crippen molar-refractivity contribution in [1.29, 1.82) is 0 Å². The first-order valence-corrected chi connectivity index (χ1v) is 26.4. The topological polar surface area (TPSA) is 356 Å². The third kappa shape index (κ3) is 21.3. The zero-order valence-electron chi connectivity index (χ0n) is 43.3. The van der Waals surface area contributed by atoms with Crippen LogP contribution in [0.2, 0.25) is 0 Å². The summed E-state index contributed by atoms with van der Waals surface area (Å²) in [7, 11) is -4.80. The summed E-state index contributed by atoms with van der Waals surface area (Å²) >= 11 is 0. The standard InChI is InChI=1S/C52H71N9O14S/c1-6-8-18-38(57-49(68)42(61-51(70)74-52(3,4)5)28-33-21-23-35(24-22-33)75-76(71,72)73)46(65)55-26-25-54-41(29-34-31-56-37-20-14-13-17-36(34)37)48(67)58-39(19-9-7-2)47(66)60-43(30-44(62)63)50(69)59-40(45(53)64)27-32-15-11-10-12-16-32/h10-17,20-24,31,38-43,54,56H,6-9,18-19,25-30H2,1-5H3,(H2,53,64)(H,55,65)(H,57,68)(H,58,67)(H,59,69)(H,60,66)(H,61,70)(H,62,63)(H,71,72,73)/t38-,39-,40-,41-,42-,43-/m0/s1. The van der Waals surface area contributed by atoms with Crippen molar-refractivity contribution in [1.82, 2.24) is 42.2 Å². The van der Waals surface area contributed by atoms with Crippen molar-refractivity contribution < 1.29 is 65.4 Å². The van der Waals surface area contributed by atoms with Crippen molar-refractivity contribution >= 4 is 68.8 Å². The van der Waals surface area contributed by atoms with Crippen molar-refractivity contribution in [3.05, 3.63) is 102 Å². The Bertz CT molecular complexity index is 2710. The average Bonchev–Trinajstić information content (AvgIpc) is 3.76. The zero-order chi connectivity index (χ0) is 56.0. The molecule has 0 spiro atoms. The lowest BCUT2D eigenvalue weighted by atomic mass is 10.0. The quantitative estimate of drug-likeness (QED) is 0.0255. The van der Waals surface area contributed by atoms with Crippen molar-refractivity contribution in [2.24, 2.45) is 5.73 Å². The molecule has 76 heavy (non-hydrogen) atoms. The van der Waals surface area contributed by atoms with E-state index in [-0.39, 0.29) is 50.9 Å². The number of amides is 7. The molecule has 23 nitrogen and oxygen atoms in total. The van der Waals surface area contributed by atoms with Gasteiger partial charge in [0.2, 0.25) is 35.4 Å². The molecule has 0 aliphatic carbocycles. The highest BCUT2D eigenvalue weighted by Crippen LogP contribution is 2.20. The smallest absolute Gasteiger partial charge is 0.446 e. The number of hydrogen-bond donors (Lipinski definition) is 11. The van der Waals surface area contributed by atoms with E-state index < -0.39 is 106 Å².